The van der Waals surface area contributed by atoms with Crippen molar-refractivity contribution in [1.82, 2.24) is 15.1 Å². The third-order valence-electron chi connectivity index (χ3n) is 3.25. The topological polar surface area (TPSA) is 35.6 Å². The number of hydrogen-bond donors (Lipinski definition) is 1. The molecule has 1 amide bonds. The quantitative estimate of drug-likeness (QED) is 0.627. The van der Waals surface area contributed by atoms with Gasteiger partial charge in [-0.3, -0.25) is 9.69 Å². The molecule has 0 saturated carbocycles. The third-order valence-corrected chi connectivity index (χ3v) is 4.11. The Labute approximate surface area is 118 Å². The zero-order chi connectivity index (χ0) is 13.5. The summed E-state index contributed by atoms with van der Waals surface area (Å²) in [6, 6.07) is 4.26. The van der Waals surface area contributed by atoms with Gasteiger partial charge in [-0.2, -0.15) is 0 Å². The number of carbonyl (C=O) groups excluding carboxylic acids is 1. The monoisotopic (exact) mass is 279 g/mol. The maximum absolute atomic E-state index is 11.9. The minimum atomic E-state index is 0.192. The molecule has 1 saturated heterocycles. The first kappa shape index (κ1) is 14.2. The lowest BCUT2D eigenvalue weighted by molar-refractivity contribution is -0.132. The Morgan fingerprint density at radius 2 is 2.21 bits per heavy atom. The summed E-state index contributed by atoms with van der Waals surface area (Å²) in [6.45, 7) is 9.32. The molecule has 0 radical (unpaired) electrons. The number of rotatable bonds is 6. The Morgan fingerprint density at radius 3 is 2.84 bits per heavy atom. The van der Waals surface area contributed by atoms with Crippen LogP contribution in [0, 0.1) is 0 Å². The smallest absolute Gasteiger partial charge is 0.236 e. The fourth-order valence-electron chi connectivity index (χ4n) is 2.17. The molecule has 1 N–H and O–H groups in total. The van der Waals surface area contributed by atoms with Gasteiger partial charge in [0.15, 0.2) is 0 Å². The molecular formula is C14H21N3OS. The molecule has 1 fully saturated rings. The molecule has 1 aliphatic heterocycles. The van der Waals surface area contributed by atoms with Crippen LogP contribution in [0.4, 0.5) is 0 Å². The van der Waals surface area contributed by atoms with E-state index >= 15 is 0 Å². The third kappa shape index (κ3) is 4.45. The SMILES string of the molecule is C=CCNCC(=O)N1CCN(Cc2cccs2)CC1. The second-order valence-electron chi connectivity index (χ2n) is 4.66. The molecule has 0 unspecified atom stereocenters. The summed E-state index contributed by atoms with van der Waals surface area (Å²) in [5, 5.41) is 5.17. The van der Waals surface area contributed by atoms with Gasteiger partial charge in [0.05, 0.1) is 6.54 Å². The van der Waals surface area contributed by atoms with E-state index in [1.54, 1.807) is 17.4 Å². The van der Waals surface area contributed by atoms with E-state index in [2.05, 4.69) is 34.3 Å². The Hall–Kier alpha value is -1.17. The Bertz CT molecular complexity index is 397. The highest BCUT2D eigenvalue weighted by atomic mass is 32.1. The maximum Gasteiger partial charge on any atom is 0.236 e. The largest absolute Gasteiger partial charge is 0.339 e. The highest BCUT2D eigenvalue weighted by Crippen LogP contribution is 2.13. The fourth-order valence-corrected chi connectivity index (χ4v) is 2.92. The highest BCUT2D eigenvalue weighted by Gasteiger charge is 2.20. The van der Waals surface area contributed by atoms with Crippen molar-refractivity contribution in [3.05, 3.63) is 35.0 Å². The lowest BCUT2D eigenvalue weighted by Gasteiger charge is -2.34. The zero-order valence-electron chi connectivity index (χ0n) is 11.2. The van der Waals surface area contributed by atoms with Crippen molar-refractivity contribution in [3.8, 4) is 0 Å². The number of nitrogens with one attached hydrogen (secondary N) is 1. The molecular weight excluding hydrogens is 258 g/mol. The van der Waals surface area contributed by atoms with Crippen molar-refractivity contribution in [3.63, 3.8) is 0 Å². The minimum Gasteiger partial charge on any atom is -0.339 e. The van der Waals surface area contributed by atoms with Gasteiger partial charge in [0.2, 0.25) is 5.91 Å². The summed E-state index contributed by atoms with van der Waals surface area (Å²) in [7, 11) is 0. The van der Waals surface area contributed by atoms with Crippen LogP contribution in [0.2, 0.25) is 0 Å². The first-order valence-corrected chi connectivity index (χ1v) is 7.51. The molecule has 2 heterocycles. The van der Waals surface area contributed by atoms with Crippen molar-refractivity contribution in [2.45, 2.75) is 6.54 Å². The first-order valence-electron chi connectivity index (χ1n) is 6.63. The number of hydrogen-bond acceptors (Lipinski definition) is 4. The van der Waals surface area contributed by atoms with Crippen molar-refractivity contribution < 1.29 is 4.79 Å². The van der Waals surface area contributed by atoms with Gasteiger partial charge < -0.3 is 10.2 Å². The summed E-state index contributed by atoms with van der Waals surface area (Å²) in [6.07, 6.45) is 1.77. The van der Waals surface area contributed by atoms with Gasteiger partial charge in [-0.05, 0) is 11.4 Å². The second kappa shape index (κ2) is 7.43. The van der Waals surface area contributed by atoms with Crippen molar-refractivity contribution >= 4 is 17.2 Å². The fraction of sp³-hybridized carbons (Fsp3) is 0.500. The van der Waals surface area contributed by atoms with Crippen LogP contribution < -0.4 is 5.32 Å². The molecule has 0 atom stereocenters. The molecule has 0 aliphatic carbocycles. The van der Waals surface area contributed by atoms with Crippen LogP contribution >= 0.6 is 11.3 Å². The summed E-state index contributed by atoms with van der Waals surface area (Å²) in [5.74, 6) is 0.192. The minimum absolute atomic E-state index is 0.192. The maximum atomic E-state index is 11.9. The summed E-state index contributed by atoms with van der Waals surface area (Å²) >= 11 is 1.80. The molecule has 5 heteroatoms. The summed E-state index contributed by atoms with van der Waals surface area (Å²) in [4.78, 5) is 17.7. The van der Waals surface area contributed by atoms with Crippen molar-refractivity contribution in [2.75, 3.05) is 39.3 Å². The standard InChI is InChI=1S/C14H21N3OS/c1-2-5-15-11-14(18)17-8-6-16(7-9-17)12-13-4-3-10-19-13/h2-4,10,15H,1,5-9,11-12H2. The highest BCUT2D eigenvalue weighted by molar-refractivity contribution is 7.09. The molecule has 1 aromatic heterocycles. The number of amides is 1. The van der Waals surface area contributed by atoms with E-state index < -0.39 is 0 Å². The molecule has 2 rings (SSSR count). The van der Waals surface area contributed by atoms with Crippen LogP contribution in [0.5, 0.6) is 0 Å². The van der Waals surface area contributed by atoms with E-state index in [9.17, 15) is 4.79 Å². The van der Waals surface area contributed by atoms with Crippen molar-refractivity contribution in [1.29, 1.82) is 0 Å². The van der Waals surface area contributed by atoms with Crippen LogP contribution in [0.1, 0.15) is 4.88 Å². The Kier molecular flexibility index (Phi) is 5.57. The second-order valence-corrected chi connectivity index (χ2v) is 5.69. The first-order chi connectivity index (χ1) is 9.29. The molecule has 1 aromatic rings. The number of nitrogens with zero attached hydrogens (tertiary/aromatic N) is 2. The Morgan fingerprint density at radius 1 is 1.42 bits per heavy atom. The molecule has 104 valence electrons. The molecule has 0 spiro atoms. The van der Waals surface area contributed by atoms with Crippen LogP contribution in [0.3, 0.4) is 0 Å². The summed E-state index contributed by atoms with van der Waals surface area (Å²) < 4.78 is 0. The van der Waals surface area contributed by atoms with Crippen LogP contribution in [-0.2, 0) is 11.3 Å². The molecule has 0 aromatic carbocycles. The lowest BCUT2D eigenvalue weighted by atomic mass is 10.3. The number of piperazine rings is 1. The van der Waals surface area contributed by atoms with E-state index in [4.69, 9.17) is 0 Å². The van der Waals surface area contributed by atoms with E-state index in [1.165, 1.54) is 4.88 Å². The van der Waals surface area contributed by atoms with E-state index in [0.717, 1.165) is 32.7 Å². The number of carbonyl (C=O) groups is 1. The van der Waals surface area contributed by atoms with Crippen LogP contribution in [0.25, 0.3) is 0 Å². The predicted octanol–water partition coefficient (Wildman–Crippen LogP) is 1.17. The lowest BCUT2D eigenvalue weighted by Crippen LogP contribution is -2.50. The number of thiophene rings is 1. The average Bonchev–Trinajstić information content (AvgIpc) is 2.93. The molecule has 4 nitrogen and oxygen atoms in total. The predicted molar refractivity (Wildman–Crippen MR) is 79.2 cm³/mol. The Balaban J connectivity index is 1.69. The van der Waals surface area contributed by atoms with Crippen LogP contribution in [0.15, 0.2) is 30.2 Å². The zero-order valence-corrected chi connectivity index (χ0v) is 12.0. The van der Waals surface area contributed by atoms with E-state index in [1.807, 2.05) is 4.90 Å². The molecule has 0 bridgehead atoms. The van der Waals surface area contributed by atoms with Gasteiger partial charge in [-0.15, -0.1) is 17.9 Å². The van der Waals surface area contributed by atoms with Crippen LogP contribution in [-0.4, -0.2) is 55.0 Å². The summed E-state index contributed by atoms with van der Waals surface area (Å²) in [5.41, 5.74) is 0. The van der Waals surface area contributed by atoms with Gasteiger partial charge in [0, 0.05) is 44.1 Å². The van der Waals surface area contributed by atoms with Crippen molar-refractivity contribution in [2.24, 2.45) is 0 Å². The average molecular weight is 279 g/mol. The van der Waals surface area contributed by atoms with Gasteiger partial charge in [0.25, 0.3) is 0 Å². The van der Waals surface area contributed by atoms with Gasteiger partial charge in [-0.1, -0.05) is 12.1 Å². The van der Waals surface area contributed by atoms with E-state index in [-0.39, 0.29) is 5.91 Å². The van der Waals surface area contributed by atoms with E-state index in [0.29, 0.717) is 13.1 Å². The molecule has 19 heavy (non-hydrogen) atoms. The molecule has 1 aliphatic rings. The van der Waals surface area contributed by atoms with Gasteiger partial charge in [0.1, 0.15) is 0 Å². The normalized spacial score (nSPS) is 16.5. The van der Waals surface area contributed by atoms with Gasteiger partial charge >= 0.3 is 0 Å². The van der Waals surface area contributed by atoms with Gasteiger partial charge in [-0.25, -0.2) is 0 Å².